The molecule has 1 aromatic heterocycles. The Kier molecular flexibility index (Phi) is 2.45. The third-order valence-electron chi connectivity index (χ3n) is 2.12. The average Bonchev–Trinajstić information content (AvgIpc) is 2.90. The standard InChI is InChI=1S/C10H15N3/c1-11-7-10-6-9(4-5-12-10)13-8-2-3-8/h4-6,8,11H,2-3,7H2,1H3,(H,12,13). The Bertz CT molecular complexity index is 281. The summed E-state index contributed by atoms with van der Waals surface area (Å²) in [7, 11) is 1.93. The fraction of sp³-hybridized carbons (Fsp3) is 0.500. The van der Waals surface area contributed by atoms with Crippen LogP contribution in [0.1, 0.15) is 18.5 Å². The van der Waals surface area contributed by atoms with Crippen molar-refractivity contribution in [1.29, 1.82) is 0 Å². The summed E-state index contributed by atoms with van der Waals surface area (Å²) in [5.74, 6) is 0. The number of nitrogens with zero attached hydrogens (tertiary/aromatic N) is 1. The molecule has 0 bridgehead atoms. The lowest BCUT2D eigenvalue weighted by atomic mass is 10.3. The molecule has 0 saturated heterocycles. The van der Waals surface area contributed by atoms with E-state index in [9.17, 15) is 0 Å². The fourth-order valence-electron chi connectivity index (χ4n) is 1.31. The van der Waals surface area contributed by atoms with E-state index in [2.05, 4.69) is 21.7 Å². The van der Waals surface area contributed by atoms with Crippen molar-refractivity contribution in [3.05, 3.63) is 24.0 Å². The van der Waals surface area contributed by atoms with Crippen molar-refractivity contribution >= 4 is 5.69 Å². The first kappa shape index (κ1) is 8.51. The van der Waals surface area contributed by atoms with Crippen LogP contribution in [-0.2, 0) is 6.54 Å². The predicted molar refractivity (Wildman–Crippen MR) is 53.6 cm³/mol. The Balaban J connectivity index is 2.02. The number of nitrogens with one attached hydrogen (secondary N) is 2. The van der Waals surface area contributed by atoms with E-state index < -0.39 is 0 Å². The summed E-state index contributed by atoms with van der Waals surface area (Å²) in [6, 6.07) is 4.84. The van der Waals surface area contributed by atoms with Gasteiger partial charge in [0.1, 0.15) is 0 Å². The van der Waals surface area contributed by atoms with E-state index in [0.29, 0.717) is 6.04 Å². The number of hydrogen-bond donors (Lipinski definition) is 2. The van der Waals surface area contributed by atoms with Gasteiger partial charge in [0.2, 0.25) is 0 Å². The van der Waals surface area contributed by atoms with Gasteiger partial charge in [-0.1, -0.05) is 0 Å². The maximum absolute atomic E-state index is 4.25. The summed E-state index contributed by atoms with van der Waals surface area (Å²) < 4.78 is 0. The molecule has 0 amide bonds. The van der Waals surface area contributed by atoms with Crippen LogP contribution in [-0.4, -0.2) is 18.1 Å². The number of aromatic nitrogens is 1. The Morgan fingerprint density at radius 3 is 3.08 bits per heavy atom. The Morgan fingerprint density at radius 1 is 1.54 bits per heavy atom. The quantitative estimate of drug-likeness (QED) is 0.729. The van der Waals surface area contributed by atoms with Gasteiger partial charge in [-0.2, -0.15) is 0 Å². The molecule has 0 radical (unpaired) electrons. The second kappa shape index (κ2) is 3.75. The molecule has 1 saturated carbocycles. The molecule has 2 rings (SSSR count). The molecule has 0 aromatic carbocycles. The fourth-order valence-corrected chi connectivity index (χ4v) is 1.31. The summed E-state index contributed by atoms with van der Waals surface area (Å²) in [6.45, 7) is 0.834. The maximum Gasteiger partial charge on any atom is 0.0562 e. The first-order chi connectivity index (χ1) is 6.38. The lowest BCUT2D eigenvalue weighted by Crippen LogP contribution is -2.08. The molecular weight excluding hydrogens is 162 g/mol. The number of rotatable bonds is 4. The molecule has 0 spiro atoms. The van der Waals surface area contributed by atoms with E-state index >= 15 is 0 Å². The summed E-state index contributed by atoms with van der Waals surface area (Å²) in [5.41, 5.74) is 2.29. The van der Waals surface area contributed by atoms with Gasteiger partial charge in [0.25, 0.3) is 0 Å². The van der Waals surface area contributed by atoms with Crippen molar-refractivity contribution in [2.24, 2.45) is 0 Å². The van der Waals surface area contributed by atoms with Gasteiger partial charge in [-0.05, 0) is 32.0 Å². The third-order valence-corrected chi connectivity index (χ3v) is 2.12. The smallest absolute Gasteiger partial charge is 0.0562 e. The minimum absolute atomic E-state index is 0.713. The van der Waals surface area contributed by atoms with E-state index in [1.165, 1.54) is 18.5 Å². The number of hydrogen-bond acceptors (Lipinski definition) is 3. The van der Waals surface area contributed by atoms with Crippen LogP contribution in [0, 0.1) is 0 Å². The van der Waals surface area contributed by atoms with Gasteiger partial charge < -0.3 is 10.6 Å². The maximum atomic E-state index is 4.25. The first-order valence-corrected chi connectivity index (χ1v) is 4.74. The van der Waals surface area contributed by atoms with Gasteiger partial charge in [0.05, 0.1) is 5.69 Å². The lowest BCUT2D eigenvalue weighted by molar-refractivity contribution is 0.791. The molecular formula is C10H15N3. The van der Waals surface area contributed by atoms with Crippen LogP contribution >= 0.6 is 0 Å². The van der Waals surface area contributed by atoms with Crippen molar-refractivity contribution in [2.45, 2.75) is 25.4 Å². The highest BCUT2D eigenvalue weighted by Gasteiger charge is 2.20. The van der Waals surface area contributed by atoms with Crippen molar-refractivity contribution < 1.29 is 0 Å². The van der Waals surface area contributed by atoms with Crippen LogP contribution in [0.15, 0.2) is 18.3 Å². The number of pyridine rings is 1. The first-order valence-electron chi connectivity index (χ1n) is 4.74. The van der Waals surface area contributed by atoms with E-state index in [4.69, 9.17) is 0 Å². The predicted octanol–water partition coefficient (Wildman–Crippen LogP) is 1.38. The second-order valence-electron chi connectivity index (χ2n) is 3.48. The zero-order valence-electron chi connectivity index (χ0n) is 7.88. The van der Waals surface area contributed by atoms with Crippen LogP contribution in [0.25, 0.3) is 0 Å². The van der Waals surface area contributed by atoms with E-state index in [1.54, 1.807) is 0 Å². The van der Waals surface area contributed by atoms with E-state index in [-0.39, 0.29) is 0 Å². The topological polar surface area (TPSA) is 37.0 Å². The van der Waals surface area contributed by atoms with Crippen molar-refractivity contribution in [2.75, 3.05) is 12.4 Å². The van der Waals surface area contributed by atoms with Crippen molar-refractivity contribution in [1.82, 2.24) is 10.3 Å². The van der Waals surface area contributed by atoms with E-state index in [1.807, 2.05) is 19.3 Å². The van der Waals surface area contributed by atoms with Gasteiger partial charge in [0, 0.05) is 24.5 Å². The summed E-state index contributed by atoms with van der Waals surface area (Å²) in [5, 5.41) is 6.54. The highest BCUT2D eigenvalue weighted by molar-refractivity contribution is 5.45. The summed E-state index contributed by atoms with van der Waals surface area (Å²) in [4.78, 5) is 4.25. The highest BCUT2D eigenvalue weighted by Crippen LogP contribution is 2.24. The lowest BCUT2D eigenvalue weighted by Gasteiger charge is -2.05. The molecule has 0 aliphatic heterocycles. The molecule has 70 valence electrons. The Labute approximate surface area is 78.6 Å². The zero-order valence-corrected chi connectivity index (χ0v) is 7.88. The Hall–Kier alpha value is -1.09. The SMILES string of the molecule is CNCc1cc(NC2CC2)ccn1. The van der Waals surface area contributed by atoms with Gasteiger partial charge >= 0.3 is 0 Å². The Morgan fingerprint density at radius 2 is 2.38 bits per heavy atom. The average molecular weight is 177 g/mol. The zero-order chi connectivity index (χ0) is 9.10. The molecule has 0 unspecified atom stereocenters. The molecule has 2 N–H and O–H groups in total. The highest BCUT2D eigenvalue weighted by atomic mass is 15.0. The van der Waals surface area contributed by atoms with Gasteiger partial charge in [0.15, 0.2) is 0 Å². The largest absolute Gasteiger partial charge is 0.382 e. The van der Waals surface area contributed by atoms with Crippen molar-refractivity contribution in [3.8, 4) is 0 Å². The molecule has 1 aliphatic rings. The third kappa shape index (κ3) is 2.42. The molecule has 3 nitrogen and oxygen atoms in total. The second-order valence-corrected chi connectivity index (χ2v) is 3.48. The van der Waals surface area contributed by atoms with E-state index in [0.717, 1.165) is 12.2 Å². The van der Waals surface area contributed by atoms with Crippen LogP contribution in [0.4, 0.5) is 5.69 Å². The van der Waals surface area contributed by atoms with Gasteiger partial charge in [-0.3, -0.25) is 4.98 Å². The summed E-state index contributed by atoms with van der Waals surface area (Å²) in [6.07, 6.45) is 4.48. The molecule has 1 heterocycles. The molecule has 1 aromatic rings. The molecule has 3 heteroatoms. The number of anilines is 1. The molecule has 1 fully saturated rings. The van der Waals surface area contributed by atoms with Crippen LogP contribution in [0.3, 0.4) is 0 Å². The summed E-state index contributed by atoms with van der Waals surface area (Å²) >= 11 is 0. The minimum atomic E-state index is 0.713. The minimum Gasteiger partial charge on any atom is -0.382 e. The van der Waals surface area contributed by atoms with Gasteiger partial charge in [-0.25, -0.2) is 0 Å². The normalized spacial score (nSPS) is 15.8. The molecule has 0 atom stereocenters. The van der Waals surface area contributed by atoms with Crippen molar-refractivity contribution in [3.63, 3.8) is 0 Å². The van der Waals surface area contributed by atoms with Gasteiger partial charge in [-0.15, -0.1) is 0 Å². The molecule has 13 heavy (non-hydrogen) atoms. The van der Waals surface area contributed by atoms with Crippen LogP contribution < -0.4 is 10.6 Å². The van der Waals surface area contributed by atoms with Crippen LogP contribution in [0.5, 0.6) is 0 Å². The molecule has 1 aliphatic carbocycles. The monoisotopic (exact) mass is 177 g/mol. The van der Waals surface area contributed by atoms with Crippen LogP contribution in [0.2, 0.25) is 0 Å².